The Hall–Kier alpha value is -2.91. The number of carbonyl (C=O) groups is 1. The first-order valence-corrected chi connectivity index (χ1v) is 10.1. The van der Waals surface area contributed by atoms with Crippen molar-refractivity contribution < 1.29 is 13.6 Å². The van der Waals surface area contributed by atoms with E-state index in [1.54, 1.807) is 0 Å². The van der Waals surface area contributed by atoms with Crippen molar-refractivity contribution >= 4 is 17.2 Å². The normalized spacial score (nSPS) is 25.2. The molecule has 2 saturated carbocycles. The maximum atomic E-state index is 15.2. The Morgan fingerprint density at radius 2 is 1.93 bits per heavy atom. The minimum absolute atomic E-state index is 0.00539. The third-order valence-electron chi connectivity index (χ3n) is 5.53. The van der Waals surface area contributed by atoms with Crippen molar-refractivity contribution in [1.29, 1.82) is 10.5 Å². The van der Waals surface area contributed by atoms with Crippen LogP contribution in [0.15, 0.2) is 18.2 Å². The highest BCUT2D eigenvalue weighted by Gasteiger charge is 2.62. The van der Waals surface area contributed by atoms with Gasteiger partial charge >= 0.3 is 0 Å². The predicted molar refractivity (Wildman–Crippen MR) is 100 cm³/mol. The minimum Gasteiger partial charge on any atom is -0.343 e. The molecule has 0 saturated heterocycles. The average molecular weight is 413 g/mol. The highest BCUT2D eigenvalue weighted by Crippen LogP contribution is 2.58. The molecule has 2 aliphatic carbocycles. The molecule has 2 atom stereocenters. The first-order chi connectivity index (χ1) is 13.8. The van der Waals surface area contributed by atoms with E-state index >= 15 is 8.78 Å². The molecule has 4 rings (SSSR count). The van der Waals surface area contributed by atoms with Crippen molar-refractivity contribution in [3.05, 3.63) is 44.9 Å². The predicted octanol–water partition coefficient (Wildman–Crippen LogP) is 3.70. The molecule has 2 aliphatic rings. The van der Waals surface area contributed by atoms with Gasteiger partial charge in [-0.1, -0.05) is 17.4 Å². The third-order valence-corrected chi connectivity index (χ3v) is 6.80. The number of nitrogens with zero attached hydrogens (tertiary/aromatic N) is 4. The zero-order chi connectivity index (χ0) is 20.8. The van der Waals surface area contributed by atoms with Crippen LogP contribution in [0, 0.1) is 22.7 Å². The number of benzene rings is 1. The van der Waals surface area contributed by atoms with Crippen molar-refractivity contribution in [2.75, 3.05) is 0 Å². The van der Waals surface area contributed by atoms with E-state index in [9.17, 15) is 10.1 Å². The van der Waals surface area contributed by atoms with Crippen LogP contribution < -0.4 is 5.32 Å². The number of nitrogens with one attached hydrogen (secondary N) is 1. The van der Waals surface area contributed by atoms with E-state index in [4.69, 9.17) is 5.26 Å². The van der Waals surface area contributed by atoms with Gasteiger partial charge in [-0.3, -0.25) is 4.79 Å². The van der Waals surface area contributed by atoms with Gasteiger partial charge in [0.25, 0.3) is 5.92 Å². The first kappa shape index (κ1) is 19.4. The molecule has 1 heterocycles. The fourth-order valence-corrected chi connectivity index (χ4v) is 5.33. The summed E-state index contributed by atoms with van der Waals surface area (Å²) in [5.74, 6) is -4.67. The van der Waals surface area contributed by atoms with Gasteiger partial charge in [-0.2, -0.15) is 10.5 Å². The zero-order valence-corrected chi connectivity index (χ0v) is 16.4. The molecule has 0 spiro atoms. The summed E-state index contributed by atoms with van der Waals surface area (Å²) in [6.07, 6.45) is 1.58. The Morgan fingerprint density at radius 1 is 1.21 bits per heavy atom. The van der Waals surface area contributed by atoms with Gasteiger partial charge in [-0.25, -0.2) is 8.78 Å². The van der Waals surface area contributed by atoms with E-state index < -0.39 is 29.7 Å². The molecule has 0 unspecified atom stereocenters. The molecule has 148 valence electrons. The lowest BCUT2D eigenvalue weighted by atomic mass is 9.80. The van der Waals surface area contributed by atoms with Crippen LogP contribution in [0.1, 0.15) is 71.1 Å². The molecule has 0 aliphatic heterocycles. The quantitative estimate of drug-likeness (QED) is 0.823. The summed E-state index contributed by atoms with van der Waals surface area (Å²) in [6.45, 7) is 1.29. The van der Waals surface area contributed by atoms with Crippen LogP contribution in [0.2, 0.25) is 0 Å². The Kier molecular flexibility index (Phi) is 4.59. The van der Waals surface area contributed by atoms with Crippen LogP contribution in [-0.2, 0) is 10.3 Å². The zero-order valence-electron chi connectivity index (χ0n) is 15.6. The summed E-state index contributed by atoms with van der Waals surface area (Å²) in [6, 6.07) is 7.91. The number of rotatable bonds is 4. The van der Waals surface area contributed by atoms with Gasteiger partial charge in [0.2, 0.25) is 5.91 Å². The molecule has 2 fully saturated rings. The molecule has 0 radical (unpaired) electrons. The molecule has 29 heavy (non-hydrogen) atoms. The second-order valence-electron chi connectivity index (χ2n) is 7.59. The molecule has 1 aromatic heterocycles. The van der Waals surface area contributed by atoms with Gasteiger partial charge in [0.1, 0.15) is 27.7 Å². The van der Waals surface area contributed by atoms with Crippen molar-refractivity contribution in [1.82, 2.24) is 15.5 Å². The van der Waals surface area contributed by atoms with Crippen LogP contribution in [0.4, 0.5) is 8.78 Å². The van der Waals surface area contributed by atoms with Gasteiger partial charge < -0.3 is 5.32 Å². The smallest absolute Gasteiger partial charge is 0.257 e. The summed E-state index contributed by atoms with van der Waals surface area (Å²) in [5.41, 5.74) is -1.07. The summed E-state index contributed by atoms with van der Waals surface area (Å²) in [5, 5.41) is 30.8. The molecule has 1 aromatic carbocycles. The van der Waals surface area contributed by atoms with Crippen molar-refractivity contribution in [3.63, 3.8) is 0 Å². The number of aromatic nitrogens is 2. The molecule has 0 bridgehead atoms. The van der Waals surface area contributed by atoms with Gasteiger partial charge in [0.05, 0.1) is 17.0 Å². The number of halogens is 2. The van der Waals surface area contributed by atoms with Crippen molar-refractivity contribution in [3.8, 4) is 12.1 Å². The van der Waals surface area contributed by atoms with Crippen LogP contribution >= 0.6 is 11.3 Å². The largest absolute Gasteiger partial charge is 0.343 e. The minimum atomic E-state index is -3.13. The van der Waals surface area contributed by atoms with Crippen molar-refractivity contribution in [2.45, 2.75) is 55.9 Å². The molecule has 1 N–H and O–H groups in total. The number of hydrogen-bond donors (Lipinski definition) is 1. The Labute approximate surface area is 170 Å². The third kappa shape index (κ3) is 3.26. The Morgan fingerprint density at radius 3 is 2.55 bits per heavy atom. The lowest BCUT2D eigenvalue weighted by molar-refractivity contribution is -0.121. The fourth-order valence-electron chi connectivity index (χ4n) is 4.12. The number of carbonyl (C=O) groups excluding carboxylic acids is 1. The number of hydrogen-bond acceptors (Lipinski definition) is 6. The summed E-state index contributed by atoms with van der Waals surface area (Å²) in [4.78, 5) is 12.0. The maximum absolute atomic E-state index is 15.2. The number of alkyl halides is 2. The maximum Gasteiger partial charge on any atom is 0.257 e. The van der Waals surface area contributed by atoms with Crippen LogP contribution in [-0.4, -0.2) is 22.0 Å². The molecule has 6 nitrogen and oxygen atoms in total. The van der Waals surface area contributed by atoms with Gasteiger partial charge in [-0.15, -0.1) is 10.2 Å². The molecule has 2 aromatic rings. The number of amides is 1. The van der Waals surface area contributed by atoms with Gasteiger partial charge in [0, 0.05) is 19.3 Å². The molecular weight excluding hydrogens is 396 g/mol. The second-order valence-corrected chi connectivity index (χ2v) is 8.60. The second kappa shape index (κ2) is 6.85. The molecule has 9 heteroatoms. The highest BCUT2D eigenvalue weighted by atomic mass is 32.1. The van der Waals surface area contributed by atoms with Gasteiger partial charge in [-0.05, 0) is 37.0 Å². The van der Waals surface area contributed by atoms with Crippen LogP contribution in [0.25, 0.3) is 0 Å². The Balaban J connectivity index is 1.88. The first-order valence-electron chi connectivity index (χ1n) is 9.25. The monoisotopic (exact) mass is 413 g/mol. The SMILES string of the molecule is CC(=O)N[C@@]1(c2nnc(C3CC3)s2)CCC(F)(F)[C@@H]1c1ccc(C#N)c(C#N)c1. The highest BCUT2D eigenvalue weighted by molar-refractivity contribution is 7.11. The standard InChI is InChI=1S/C20H17F2N5OS/c1-11(28)25-19(18-27-26-17(29-18)12-2-3-12)6-7-20(21,22)16(19)13-4-5-14(9-23)15(8-13)10-24/h4-5,8,12,16H,2-3,6-7H2,1H3,(H,25,28)/t16-,19+/m1/s1. The average Bonchev–Trinajstić information content (AvgIpc) is 3.34. The van der Waals surface area contributed by atoms with E-state index in [0.29, 0.717) is 10.9 Å². The lowest BCUT2D eigenvalue weighted by Crippen LogP contribution is -2.49. The topological polar surface area (TPSA) is 102 Å². The van der Waals surface area contributed by atoms with E-state index in [0.717, 1.165) is 17.8 Å². The van der Waals surface area contributed by atoms with Crippen molar-refractivity contribution in [2.24, 2.45) is 0 Å². The molecular formula is C20H17F2N5OS. The molecule has 1 amide bonds. The van der Waals surface area contributed by atoms with Crippen LogP contribution in [0.5, 0.6) is 0 Å². The summed E-state index contributed by atoms with van der Waals surface area (Å²) < 4.78 is 30.4. The number of nitriles is 2. The summed E-state index contributed by atoms with van der Waals surface area (Å²) in [7, 11) is 0. The Bertz CT molecular complexity index is 1070. The van der Waals surface area contributed by atoms with E-state index in [-0.39, 0.29) is 23.1 Å². The fraction of sp³-hybridized carbons (Fsp3) is 0.450. The summed E-state index contributed by atoms with van der Waals surface area (Å²) >= 11 is 1.27. The van der Waals surface area contributed by atoms with E-state index in [1.807, 2.05) is 12.1 Å². The lowest BCUT2D eigenvalue weighted by Gasteiger charge is -2.36. The van der Waals surface area contributed by atoms with Gasteiger partial charge in [0.15, 0.2) is 0 Å². The van der Waals surface area contributed by atoms with Crippen LogP contribution in [0.3, 0.4) is 0 Å². The van der Waals surface area contributed by atoms with E-state index in [1.165, 1.54) is 36.5 Å². The van der Waals surface area contributed by atoms with E-state index in [2.05, 4.69) is 15.5 Å².